The van der Waals surface area contributed by atoms with Gasteiger partial charge < -0.3 is 14.7 Å². The van der Waals surface area contributed by atoms with E-state index in [9.17, 15) is 9.59 Å². The van der Waals surface area contributed by atoms with E-state index in [2.05, 4.69) is 0 Å². The molecule has 0 unspecified atom stereocenters. The minimum Gasteiger partial charge on any atom is -0.483 e. The number of carboxylic acid groups (broad SMARTS) is 1. The summed E-state index contributed by atoms with van der Waals surface area (Å²) in [5, 5.41) is 8.89. The summed E-state index contributed by atoms with van der Waals surface area (Å²) < 4.78 is 5.50. The van der Waals surface area contributed by atoms with Gasteiger partial charge in [0.15, 0.2) is 6.61 Å². The molecule has 0 radical (unpaired) electrons. The summed E-state index contributed by atoms with van der Waals surface area (Å²) in [5.74, 6) is -0.421. The van der Waals surface area contributed by atoms with E-state index in [0.29, 0.717) is 5.75 Å². The molecule has 0 saturated carbocycles. The second-order valence-electron chi connectivity index (χ2n) is 5.02. The fourth-order valence-electron chi connectivity index (χ4n) is 2.32. The van der Waals surface area contributed by atoms with Crippen LogP contribution in [0.15, 0.2) is 18.2 Å². The third-order valence-corrected chi connectivity index (χ3v) is 3.48. The number of aromatic carboxylic acids is 1. The molecule has 1 N–H and O–H groups in total. The van der Waals surface area contributed by atoms with Gasteiger partial charge in [-0.05, 0) is 49.9 Å². The van der Waals surface area contributed by atoms with Crippen LogP contribution in [-0.4, -0.2) is 41.6 Å². The molecule has 0 atom stereocenters. The summed E-state index contributed by atoms with van der Waals surface area (Å²) in [6.07, 6.45) is 3.29. The number of hydrogen-bond donors (Lipinski definition) is 1. The summed E-state index contributed by atoms with van der Waals surface area (Å²) in [6, 6.07) is 4.63. The first-order valence-electron chi connectivity index (χ1n) is 6.82. The summed E-state index contributed by atoms with van der Waals surface area (Å²) in [4.78, 5) is 24.6. The Morgan fingerprint density at radius 1 is 1.25 bits per heavy atom. The van der Waals surface area contributed by atoms with E-state index in [0.717, 1.165) is 31.5 Å². The molecule has 0 bridgehead atoms. The van der Waals surface area contributed by atoms with Crippen molar-refractivity contribution in [3.05, 3.63) is 29.3 Å². The fraction of sp³-hybridized carbons (Fsp3) is 0.467. The van der Waals surface area contributed by atoms with Crippen LogP contribution in [0, 0.1) is 6.92 Å². The molecule has 20 heavy (non-hydrogen) atoms. The SMILES string of the molecule is Cc1cc(C(=O)O)ccc1OCC(=O)N1CCCCC1. The third-order valence-electron chi connectivity index (χ3n) is 3.48. The number of carbonyl (C=O) groups excluding carboxylic acids is 1. The highest BCUT2D eigenvalue weighted by Gasteiger charge is 2.17. The molecule has 1 aromatic rings. The van der Waals surface area contributed by atoms with Gasteiger partial charge in [-0.3, -0.25) is 4.79 Å². The van der Waals surface area contributed by atoms with E-state index in [1.165, 1.54) is 12.5 Å². The maximum atomic E-state index is 12.0. The molecular weight excluding hydrogens is 258 g/mol. The Bertz CT molecular complexity index is 507. The zero-order valence-corrected chi connectivity index (χ0v) is 11.6. The number of carbonyl (C=O) groups is 2. The van der Waals surface area contributed by atoms with E-state index in [1.54, 1.807) is 19.1 Å². The first-order chi connectivity index (χ1) is 9.58. The predicted octanol–water partition coefficient (Wildman–Crippen LogP) is 2.08. The monoisotopic (exact) mass is 277 g/mol. The highest BCUT2D eigenvalue weighted by Crippen LogP contribution is 2.19. The number of amides is 1. The molecule has 5 nitrogen and oxygen atoms in total. The predicted molar refractivity (Wildman–Crippen MR) is 74.1 cm³/mol. The number of benzene rings is 1. The Labute approximate surface area is 118 Å². The van der Waals surface area contributed by atoms with E-state index in [1.807, 2.05) is 4.90 Å². The molecule has 1 aromatic carbocycles. The quantitative estimate of drug-likeness (QED) is 0.915. The van der Waals surface area contributed by atoms with Gasteiger partial charge in [0, 0.05) is 13.1 Å². The van der Waals surface area contributed by atoms with Gasteiger partial charge in [-0.2, -0.15) is 0 Å². The molecule has 0 aromatic heterocycles. The molecule has 108 valence electrons. The molecule has 2 rings (SSSR count). The second-order valence-corrected chi connectivity index (χ2v) is 5.02. The molecule has 1 aliphatic rings. The van der Waals surface area contributed by atoms with Gasteiger partial charge in [0.05, 0.1) is 5.56 Å². The lowest BCUT2D eigenvalue weighted by atomic mass is 10.1. The molecule has 1 aliphatic heterocycles. The van der Waals surface area contributed by atoms with Crippen LogP contribution in [0.2, 0.25) is 0 Å². The van der Waals surface area contributed by atoms with Crippen molar-refractivity contribution >= 4 is 11.9 Å². The summed E-state index contributed by atoms with van der Waals surface area (Å²) in [5.41, 5.74) is 0.938. The lowest BCUT2D eigenvalue weighted by molar-refractivity contribution is -0.134. The van der Waals surface area contributed by atoms with Crippen LogP contribution >= 0.6 is 0 Å². The van der Waals surface area contributed by atoms with Crippen LogP contribution in [0.25, 0.3) is 0 Å². The molecule has 0 spiro atoms. The standard InChI is InChI=1S/C15H19NO4/c1-11-9-12(15(18)19)5-6-13(11)20-10-14(17)16-7-3-2-4-8-16/h5-6,9H,2-4,7-8,10H2,1H3,(H,18,19). The van der Waals surface area contributed by atoms with Crippen LogP contribution in [0.4, 0.5) is 0 Å². The van der Waals surface area contributed by atoms with Gasteiger partial charge in [-0.15, -0.1) is 0 Å². The number of nitrogens with zero attached hydrogens (tertiary/aromatic N) is 1. The lowest BCUT2D eigenvalue weighted by Gasteiger charge is -2.26. The van der Waals surface area contributed by atoms with Crippen molar-refractivity contribution in [1.29, 1.82) is 0 Å². The summed E-state index contributed by atoms with van der Waals surface area (Å²) in [6.45, 7) is 3.39. The largest absolute Gasteiger partial charge is 0.483 e. The number of carboxylic acids is 1. The summed E-state index contributed by atoms with van der Waals surface area (Å²) >= 11 is 0. The minimum atomic E-state index is -0.968. The first kappa shape index (κ1) is 14.4. The van der Waals surface area contributed by atoms with Crippen molar-refractivity contribution in [3.63, 3.8) is 0 Å². The Balaban J connectivity index is 1.93. The fourth-order valence-corrected chi connectivity index (χ4v) is 2.32. The topological polar surface area (TPSA) is 66.8 Å². The average Bonchev–Trinajstić information content (AvgIpc) is 2.46. The zero-order valence-electron chi connectivity index (χ0n) is 11.6. The Morgan fingerprint density at radius 3 is 2.55 bits per heavy atom. The number of aryl methyl sites for hydroxylation is 1. The molecule has 1 heterocycles. The molecule has 0 aliphatic carbocycles. The number of piperidine rings is 1. The van der Waals surface area contributed by atoms with Crippen molar-refractivity contribution < 1.29 is 19.4 Å². The highest BCUT2D eigenvalue weighted by molar-refractivity contribution is 5.88. The van der Waals surface area contributed by atoms with Crippen LogP contribution < -0.4 is 4.74 Å². The van der Waals surface area contributed by atoms with E-state index in [4.69, 9.17) is 9.84 Å². The number of hydrogen-bond acceptors (Lipinski definition) is 3. The van der Waals surface area contributed by atoms with Gasteiger partial charge in [0.25, 0.3) is 5.91 Å². The summed E-state index contributed by atoms with van der Waals surface area (Å²) in [7, 11) is 0. The maximum absolute atomic E-state index is 12.0. The highest BCUT2D eigenvalue weighted by atomic mass is 16.5. The Morgan fingerprint density at radius 2 is 1.95 bits per heavy atom. The van der Waals surface area contributed by atoms with Crippen molar-refractivity contribution in [1.82, 2.24) is 4.90 Å². The van der Waals surface area contributed by atoms with Gasteiger partial charge in [0.2, 0.25) is 0 Å². The van der Waals surface area contributed by atoms with E-state index < -0.39 is 5.97 Å². The average molecular weight is 277 g/mol. The third kappa shape index (κ3) is 3.50. The van der Waals surface area contributed by atoms with Crippen LogP contribution in [0.1, 0.15) is 35.2 Å². The second kappa shape index (κ2) is 6.41. The molecule has 5 heteroatoms. The van der Waals surface area contributed by atoms with E-state index in [-0.39, 0.29) is 18.1 Å². The van der Waals surface area contributed by atoms with Crippen LogP contribution in [-0.2, 0) is 4.79 Å². The number of ether oxygens (including phenoxy) is 1. The molecule has 1 amide bonds. The van der Waals surface area contributed by atoms with Crippen LogP contribution in [0.5, 0.6) is 5.75 Å². The lowest BCUT2D eigenvalue weighted by Crippen LogP contribution is -2.38. The van der Waals surface area contributed by atoms with E-state index >= 15 is 0 Å². The van der Waals surface area contributed by atoms with Gasteiger partial charge >= 0.3 is 5.97 Å². The van der Waals surface area contributed by atoms with Gasteiger partial charge in [-0.25, -0.2) is 4.79 Å². The van der Waals surface area contributed by atoms with Gasteiger partial charge in [-0.1, -0.05) is 0 Å². The molecular formula is C15H19NO4. The zero-order chi connectivity index (χ0) is 14.5. The molecule has 1 saturated heterocycles. The van der Waals surface area contributed by atoms with Crippen molar-refractivity contribution in [2.24, 2.45) is 0 Å². The maximum Gasteiger partial charge on any atom is 0.335 e. The van der Waals surface area contributed by atoms with Crippen molar-refractivity contribution in [2.75, 3.05) is 19.7 Å². The Kier molecular flexibility index (Phi) is 4.61. The number of rotatable bonds is 4. The minimum absolute atomic E-state index is 0.00720. The van der Waals surface area contributed by atoms with Crippen molar-refractivity contribution in [2.45, 2.75) is 26.2 Å². The van der Waals surface area contributed by atoms with Gasteiger partial charge in [0.1, 0.15) is 5.75 Å². The normalized spacial score (nSPS) is 14.9. The first-order valence-corrected chi connectivity index (χ1v) is 6.82. The van der Waals surface area contributed by atoms with Crippen molar-refractivity contribution in [3.8, 4) is 5.75 Å². The smallest absolute Gasteiger partial charge is 0.335 e. The van der Waals surface area contributed by atoms with Crippen LogP contribution in [0.3, 0.4) is 0 Å². The molecule has 1 fully saturated rings. The Hall–Kier alpha value is -2.04. The number of likely N-dealkylation sites (tertiary alicyclic amines) is 1.